The zero-order valence-corrected chi connectivity index (χ0v) is 12.1. The lowest BCUT2D eigenvalue weighted by atomic mass is 10.2. The third kappa shape index (κ3) is 3.77. The molecule has 0 aliphatic heterocycles. The molecule has 1 amide bonds. The van der Waals surface area contributed by atoms with Crippen LogP contribution in [0.3, 0.4) is 0 Å². The van der Waals surface area contributed by atoms with Crippen LogP contribution in [-0.4, -0.2) is 43.5 Å². The van der Waals surface area contributed by atoms with Crippen LogP contribution in [-0.2, 0) is 19.6 Å². The highest BCUT2D eigenvalue weighted by atomic mass is 32.2. The SMILES string of the molecule is O=C(O)CNC(=O)CNS(=O)(=O)c1cccc2cccnc12. The van der Waals surface area contributed by atoms with Crippen molar-refractivity contribution in [2.45, 2.75) is 4.90 Å². The van der Waals surface area contributed by atoms with E-state index >= 15 is 0 Å². The van der Waals surface area contributed by atoms with Crippen molar-refractivity contribution in [3.63, 3.8) is 0 Å². The number of nitrogens with one attached hydrogen (secondary N) is 2. The Bertz CT molecular complexity index is 814. The van der Waals surface area contributed by atoms with Gasteiger partial charge < -0.3 is 10.4 Å². The molecule has 116 valence electrons. The second kappa shape index (κ2) is 6.50. The van der Waals surface area contributed by atoms with E-state index < -0.39 is 35.0 Å². The third-order valence-electron chi connectivity index (χ3n) is 2.74. The first-order chi connectivity index (χ1) is 10.4. The summed E-state index contributed by atoms with van der Waals surface area (Å²) in [6.45, 7) is -1.13. The number of sulfonamides is 1. The van der Waals surface area contributed by atoms with Gasteiger partial charge in [-0.3, -0.25) is 14.6 Å². The second-order valence-corrected chi connectivity index (χ2v) is 6.06. The van der Waals surface area contributed by atoms with Crippen LogP contribution >= 0.6 is 0 Å². The summed E-state index contributed by atoms with van der Waals surface area (Å²) in [6, 6.07) is 8.09. The molecular formula is C13H13N3O5S. The lowest BCUT2D eigenvalue weighted by molar-refractivity contribution is -0.137. The molecule has 0 bridgehead atoms. The Balaban J connectivity index is 2.16. The molecule has 0 aliphatic carbocycles. The number of pyridine rings is 1. The number of benzene rings is 1. The van der Waals surface area contributed by atoms with Crippen molar-refractivity contribution < 1.29 is 23.1 Å². The van der Waals surface area contributed by atoms with Crippen molar-refractivity contribution in [3.8, 4) is 0 Å². The van der Waals surface area contributed by atoms with E-state index in [0.717, 1.165) is 0 Å². The first-order valence-corrected chi connectivity index (χ1v) is 7.70. The number of carbonyl (C=O) groups is 2. The van der Waals surface area contributed by atoms with E-state index in [1.54, 1.807) is 24.3 Å². The Labute approximate surface area is 126 Å². The monoisotopic (exact) mass is 323 g/mol. The summed E-state index contributed by atoms with van der Waals surface area (Å²) in [5, 5.41) is 11.1. The molecule has 3 N–H and O–H groups in total. The Hall–Kier alpha value is -2.52. The van der Waals surface area contributed by atoms with Crippen molar-refractivity contribution in [2.24, 2.45) is 0 Å². The number of rotatable bonds is 6. The molecular weight excluding hydrogens is 310 g/mol. The maximum Gasteiger partial charge on any atom is 0.322 e. The topological polar surface area (TPSA) is 125 Å². The number of para-hydroxylation sites is 1. The van der Waals surface area contributed by atoms with Crippen molar-refractivity contribution in [1.82, 2.24) is 15.0 Å². The summed E-state index contributed by atoms with van der Waals surface area (Å²) >= 11 is 0. The fraction of sp³-hybridized carbons (Fsp3) is 0.154. The predicted octanol–water partition coefficient (Wildman–Crippen LogP) is -0.286. The number of carbonyl (C=O) groups excluding carboxylic acids is 1. The summed E-state index contributed by atoms with van der Waals surface area (Å²) in [7, 11) is -3.94. The van der Waals surface area contributed by atoms with E-state index in [0.29, 0.717) is 10.9 Å². The molecule has 0 saturated heterocycles. The van der Waals surface area contributed by atoms with Crippen molar-refractivity contribution in [3.05, 3.63) is 36.5 Å². The number of carboxylic acids is 1. The molecule has 9 heteroatoms. The van der Waals surface area contributed by atoms with Crippen LogP contribution in [0.2, 0.25) is 0 Å². The molecule has 2 aromatic rings. The minimum Gasteiger partial charge on any atom is -0.480 e. The fourth-order valence-electron chi connectivity index (χ4n) is 1.77. The summed E-state index contributed by atoms with van der Waals surface area (Å²) in [6.07, 6.45) is 1.47. The first-order valence-electron chi connectivity index (χ1n) is 6.22. The average Bonchev–Trinajstić information content (AvgIpc) is 2.50. The summed E-state index contributed by atoms with van der Waals surface area (Å²) in [4.78, 5) is 25.7. The maximum absolute atomic E-state index is 12.2. The van der Waals surface area contributed by atoms with Gasteiger partial charge in [-0.2, -0.15) is 0 Å². The number of fused-ring (bicyclic) bond motifs is 1. The van der Waals surface area contributed by atoms with Crippen LogP contribution in [0.25, 0.3) is 10.9 Å². The van der Waals surface area contributed by atoms with Gasteiger partial charge in [0.25, 0.3) is 0 Å². The molecule has 0 spiro atoms. The summed E-state index contributed by atoms with van der Waals surface area (Å²) in [5.74, 6) is -1.95. The number of carboxylic acid groups (broad SMARTS) is 1. The highest BCUT2D eigenvalue weighted by molar-refractivity contribution is 7.89. The van der Waals surface area contributed by atoms with Crippen LogP contribution in [0.15, 0.2) is 41.4 Å². The molecule has 0 unspecified atom stereocenters. The van der Waals surface area contributed by atoms with Crippen LogP contribution in [0.5, 0.6) is 0 Å². The number of hydrogen-bond acceptors (Lipinski definition) is 5. The fourth-order valence-corrected chi connectivity index (χ4v) is 2.93. The number of amides is 1. The Kier molecular flexibility index (Phi) is 4.68. The standard InChI is InChI=1S/C13H13N3O5S/c17-11(15-8-12(18)19)7-16-22(20,21)10-5-1-3-9-4-2-6-14-13(9)10/h1-6,16H,7-8H2,(H,15,17)(H,18,19). The van der Waals surface area contributed by atoms with E-state index in [2.05, 4.69) is 15.0 Å². The Morgan fingerprint density at radius 1 is 1.14 bits per heavy atom. The molecule has 1 aromatic heterocycles. The average molecular weight is 323 g/mol. The molecule has 0 atom stereocenters. The van der Waals surface area contributed by atoms with Crippen molar-refractivity contribution in [1.29, 1.82) is 0 Å². The predicted molar refractivity (Wildman–Crippen MR) is 77.6 cm³/mol. The first kappa shape index (κ1) is 15.9. The van der Waals surface area contributed by atoms with Gasteiger partial charge in [0.05, 0.1) is 12.1 Å². The molecule has 0 fully saturated rings. The third-order valence-corrected chi connectivity index (χ3v) is 4.18. The van der Waals surface area contributed by atoms with Crippen LogP contribution < -0.4 is 10.0 Å². The van der Waals surface area contributed by atoms with Gasteiger partial charge >= 0.3 is 5.97 Å². The van der Waals surface area contributed by atoms with Gasteiger partial charge in [-0.15, -0.1) is 0 Å². The lowest BCUT2D eigenvalue weighted by Crippen LogP contribution is -2.39. The smallest absolute Gasteiger partial charge is 0.322 e. The van der Waals surface area contributed by atoms with Gasteiger partial charge in [0, 0.05) is 11.6 Å². The summed E-state index contributed by atoms with van der Waals surface area (Å²) < 4.78 is 26.6. The van der Waals surface area contributed by atoms with Crippen LogP contribution in [0, 0.1) is 0 Å². The number of hydrogen-bond donors (Lipinski definition) is 3. The second-order valence-electron chi connectivity index (χ2n) is 4.33. The zero-order chi connectivity index (χ0) is 16.2. The zero-order valence-electron chi connectivity index (χ0n) is 11.3. The number of aliphatic carboxylic acids is 1. The van der Waals surface area contributed by atoms with E-state index in [1.165, 1.54) is 12.3 Å². The van der Waals surface area contributed by atoms with Gasteiger partial charge in [0.15, 0.2) is 0 Å². The molecule has 1 aromatic carbocycles. The van der Waals surface area contributed by atoms with Crippen molar-refractivity contribution in [2.75, 3.05) is 13.1 Å². The van der Waals surface area contributed by atoms with Crippen molar-refractivity contribution >= 4 is 32.8 Å². The molecule has 0 aliphatic rings. The van der Waals surface area contributed by atoms with Crippen LogP contribution in [0.4, 0.5) is 0 Å². The molecule has 8 nitrogen and oxygen atoms in total. The van der Waals surface area contributed by atoms with Gasteiger partial charge in [-0.05, 0) is 12.1 Å². The molecule has 2 rings (SSSR count). The summed E-state index contributed by atoms with van der Waals surface area (Å²) in [5.41, 5.74) is 0.295. The van der Waals surface area contributed by atoms with Gasteiger partial charge in [0.2, 0.25) is 15.9 Å². The van der Waals surface area contributed by atoms with Gasteiger partial charge in [-0.25, -0.2) is 13.1 Å². The van der Waals surface area contributed by atoms with Gasteiger partial charge in [-0.1, -0.05) is 18.2 Å². The quantitative estimate of drug-likeness (QED) is 0.671. The minimum atomic E-state index is -3.94. The molecule has 1 heterocycles. The molecule has 0 saturated carbocycles. The molecule has 22 heavy (non-hydrogen) atoms. The van der Waals surface area contributed by atoms with E-state index in [-0.39, 0.29) is 4.90 Å². The van der Waals surface area contributed by atoms with E-state index in [4.69, 9.17) is 5.11 Å². The number of aromatic nitrogens is 1. The van der Waals surface area contributed by atoms with E-state index in [9.17, 15) is 18.0 Å². The number of nitrogens with zero attached hydrogens (tertiary/aromatic N) is 1. The highest BCUT2D eigenvalue weighted by Gasteiger charge is 2.19. The Morgan fingerprint density at radius 2 is 1.86 bits per heavy atom. The van der Waals surface area contributed by atoms with Crippen LogP contribution in [0.1, 0.15) is 0 Å². The lowest BCUT2D eigenvalue weighted by Gasteiger charge is -2.08. The largest absolute Gasteiger partial charge is 0.480 e. The van der Waals surface area contributed by atoms with E-state index in [1.807, 2.05) is 0 Å². The maximum atomic E-state index is 12.2. The Morgan fingerprint density at radius 3 is 2.59 bits per heavy atom. The highest BCUT2D eigenvalue weighted by Crippen LogP contribution is 2.20. The van der Waals surface area contributed by atoms with Gasteiger partial charge in [0.1, 0.15) is 11.4 Å². The molecule has 0 radical (unpaired) electrons. The minimum absolute atomic E-state index is 0.0448. The normalized spacial score (nSPS) is 11.3.